The first kappa shape index (κ1) is 9.67. The molecule has 0 aromatic carbocycles. The van der Waals surface area contributed by atoms with Gasteiger partial charge in [-0.05, 0) is 24.6 Å². The third-order valence-corrected chi connectivity index (χ3v) is 1.73. The van der Waals surface area contributed by atoms with E-state index < -0.39 is 6.10 Å². The van der Waals surface area contributed by atoms with Crippen LogP contribution in [0.15, 0.2) is 18.3 Å². The van der Waals surface area contributed by atoms with E-state index in [2.05, 4.69) is 10.3 Å². The summed E-state index contributed by atoms with van der Waals surface area (Å²) in [6.07, 6.45) is 0.929. The summed E-state index contributed by atoms with van der Waals surface area (Å²) in [6.45, 7) is 1.64. The Bertz CT molecular complexity index is 310. The summed E-state index contributed by atoms with van der Waals surface area (Å²) in [6, 6.07) is 3.25. The molecule has 0 saturated carbocycles. The third-order valence-electron chi connectivity index (χ3n) is 1.73. The van der Waals surface area contributed by atoms with Crippen LogP contribution in [0.4, 0.5) is 0 Å². The minimum absolute atomic E-state index is 0.248. The van der Waals surface area contributed by atoms with Gasteiger partial charge >= 0.3 is 0 Å². The topological polar surface area (TPSA) is 62.2 Å². The van der Waals surface area contributed by atoms with Crippen LogP contribution in [0.1, 0.15) is 29.1 Å². The largest absolute Gasteiger partial charge is 0.389 e. The molecule has 0 saturated heterocycles. The number of hydrogen-bond acceptors (Lipinski definition) is 3. The maximum absolute atomic E-state index is 11.1. The highest BCUT2D eigenvalue weighted by Gasteiger charge is 2.07. The molecule has 0 unspecified atom stereocenters. The van der Waals surface area contributed by atoms with Crippen LogP contribution in [0.2, 0.25) is 0 Å². The predicted octanol–water partition coefficient (Wildman–Crippen LogP) is 0.494. The number of hydrogen-bond donors (Lipinski definition) is 2. The minimum Gasteiger partial charge on any atom is -0.389 e. The van der Waals surface area contributed by atoms with Crippen molar-refractivity contribution in [3.63, 3.8) is 0 Å². The number of nitrogens with one attached hydrogen (secondary N) is 1. The number of carbonyl (C=O) groups is 1. The van der Waals surface area contributed by atoms with Crippen LogP contribution in [-0.4, -0.2) is 23.0 Å². The van der Waals surface area contributed by atoms with E-state index in [1.807, 2.05) is 0 Å². The summed E-state index contributed by atoms with van der Waals surface area (Å²) in [5.74, 6) is -0.248. The van der Waals surface area contributed by atoms with Gasteiger partial charge in [-0.15, -0.1) is 0 Å². The molecule has 0 spiro atoms. The monoisotopic (exact) mass is 180 g/mol. The number of pyridine rings is 1. The highest BCUT2D eigenvalue weighted by atomic mass is 16.3. The quantitative estimate of drug-likeness (QED) is 0.696. The molecule has 0 aliphatic heterocycles. The molecule has 1 amide bonds. The molecule has 0 bridgehead atoms. The van der Waals surface area contributed by atoms with E-state index in [9.17, 15) is 9.90 Å². The van der Waals surface area contributed by atoms with E-state index >= 15 is 0 Å². The normalized spacial score (nSPS) is 12.2. The lowest BCUT2D eigenvalue weighted by Crippen LogP contribution is -2.19. The van der Waals surface area contributed by atoms with Gasteiger partial charge in [-0.2, -0.15) is 0 Å². The molecular weight excluding hydrogens is 168 g/mol. The van der Waals surface area contributed by atoms with Crippen molar-refractivity contribution in [1.82, 2.24) is 10.3 Å². The van der Waals surface area contributed by atoms with Gasteiger partial charge in [0.25, 0.3) is 5.91 Å². The van der Waals surface area contributed by atoms with Gasteiger partial charge in [0.1, 0.15) is 5.69 Å². The highest BCUT2D eigenvalue weighted by Crippen LogP contribution is 2.11. The number of nitrogens with zero attached hydrogens (tertiary/aromatic N) is 1. The zero-order valence-electron chi connectivity index (χ0n) is 7.61. The average Bonchev–Trinajstić information content (AvgIpc) is 2.17. The molecule has 1 atom stereocenters. The standard InChI is InChI=1S/C9H12N2O2/c1-6(12)7-3-4-11-8(5-7)9(13)10-2/h3-6,12H,1-2H3,(H,10,13)/t6-/m1/s1. The van der Waals surface area contributed by atoms with E-state index in [0.29, 0.717) is 11.3 Å². The van der Waals surface area contributed by atoms with Crippen molar-refractivity contribution in [1.29, 1.82) is 0 Å². The maximum atomic E-state index is 11.1. The van der Waals surface area contributed by atoms with E-state index in [4.69, 9.17) is 0 Å². The predicted molar refractivity (Wildman–Crippen MR) is 48.3 cm³/mol. The zero-order chi connectivity index (χ0) is 9.84. The van der Waals surface area contributed by atoms with Crippen molar-refractivity contribution in [2.75, 3.05) is 7.05 Å². The molecule has 1 aromatic rings. The molecule has 4 nitrogen and oxygen atoms in total. The Morgan fingerprint density at radius 2 is 2.38 bits per heavy atom. The number of aliphatic hydroxyl groups is 1. The summed E-state index contributed by atoms with van der Waals surface area (Å²) in [7, 11) is 1.54. The molecule has 1 heterocycles. The van der Waals surface area contributed by atoms with Crippen LogP contribution in [0.25, 0.3) is 0 Å². The summed E-state index contributed by atoms with van der Waals surface area (Å²) in [5.41, 5.74) is 1.01. The van der Waals surface area contributed by atoms with Gasteiger partial charge in [0.05, 0.1) is 6.10 Å². The first-order valence-electron chi connectivity index (χ1n) is 4.01. The lowest BCUT2D eigenvalue weighted by Gasteiger charge is -2.05. The average molecular weight is 180 g/mol. The lowest BCUT2D eigenvalue weighted by atomic mass is 10.1. The van der Waals surface area contributed by atoms with Gasteiger partial charge in [-0.3, -0.25) is 9.78 Å². The summed E-state index contributed by atoms with van der Waals surface area (Å²) in [5, 5.41) is 11.7. The van der Waals surface area contributed by atoms with Gasteiger partial charge in [0.2, 0.25) is 0 Å². The van der Waals surface area contributed by atoms with Crippen molar-refractivity contribution in [3.05, 3.63) is 29.6 Å². The Hall–Kier alpha value is -1.42. The van der Waals surface area contributed by atoms with Crippen molar-refractivity contribution < 1.29 is 9.90 Å². The number of amides is 1. The smallest absolute Gasteiger partial charge is 0.269 e. The summed E-state index contributed by atoms with van der Waals surface area (Å²) < 4.78 is 0. The Morgan fingerprint density at radius 3 is 2.92 bits per heavy atom. The third kappa shape index (κ3) is 2.26. The SMILES string of the molecule is CNC(=O)c1cc([C@@H](C)O)ccn1. The van der Waals surface area contributed by atoms with E-state index in [1.54, 1.807) is 26.1 Å². The van der Waals surface area contributed by atoms with Crippen molar-refractivity contribution in [3.8, 4) is 0 Å². The molecular formula is C9H12N2O2. The molecule has 1 rings (SSSR count). The van der Waals surface area contributed by atoms with Crippen LogP contribution in [0, 0.1) is 0 Å². The molecule has 2 N–H and O–H groups in total. The van der Waals surface area contributed by atoms with Crippen LogP contribution in [0.3, 0.4) is 0 Å². The molecule has 0 aliphatic carbocycles. The molecule has 0 fully saturated rings. The Morgan fingerprint density at radius 1 is 1.69 bits per heavy atom. The van der Waals surface area contributed by atoms with Gasteiger partial charge in [0.15, 0.2) is 0 Å². The Kier molecular flexibility index (Phi) is 2.97. The number of aliphatic hydroxyl groups excluding tert-OH is 1. The second-order valence-corrected chi connectivity index (χ2v) is 2.73. The summed E-state index contributed by atoms with van der Waals surface area (Å²) in [4.78, 5) is 15.0. The molecule has 70 valence electrons. The van der Waals surface area contributed by atoms with Crippen molar-refractivity contribution >= 4 is 5.91 Å². The highest BCUT2D eigenvalue weighted by molar-refractivity contribution is 5.92. The molecule has 1 aromatic heterocycles. The fourth-order valence-electron chi connectivity index (χ4n) is 0.959. The summed E-state index contributed by atoms with van der Waals surface area (Å²) >= 11 is 0. The molecule has 4 heteroatoms. The second-order valence-electron chi connectivity index (χ2n) is 2.73. The van der Waals surface area contributed by atoms with Crippen molar-refractivity contribution in [2.24, 2.45) is 0 Å². The Balaban J connectivity index is 2.98. The maximum Gasteiger partial charge on any atom is 0.269 e. The first-order valence-corrected chi connectivity index (χ1v) is 4.01. The van der Waals surface area contributed by atoms with Crippen molar-refractivity contribution in [2.45, 2.75) is 13.0 Å². The number of carbonyl (C=O) groups excluding carboxylic acids is 1. The van der Waals surface area contributed by atoms with E-state index in [0.717, 1.165) is 0 Å². The van der Waals surface area contributed by atoms with Crippen LogP contribution < -0.4 is 5.32 Å². The zero-order valence-corrected chi connectivity index (χ0v) is 7.61. The molecule has 0 radical (unpaired) electrons. The van der Waals surface area contributed by atoms with Gasteiger partial charge in [0, 0.05) is 13.2 Å². The fourth-order valence-corrected chi connectivity index (χ4v) is 0.959. The minimum atomic E-state index is -0.577. The first-order chi connectivity index (χ1) is 6.15. The number of aromatic nitrogens is 1. The van der Waals surface area contributed by atoms with E-state index in [1.165, 1.54) is 6.20 Å². The Labute approximate surface area is 76.6 Å². The van der Waals surface area contributed by atoms with Gasteiger partial charge in [-0.1, -0.05) is 0 Å². The second kappa shape index (κ2) is 4.00. The van der Waals surface area contributed by atoms with E-state index in [-0.39, 0.29) is 5.91 Å². The van der Waals surface area contributed by atoms with Crippen LogP contribution in [0.5, 0.6) is 0 Å². The lowest BCUT2D eigenvalue weighted by molar-refractivity contribution is 0.0958. The number of rotatable bonds is 2. The van der Waals surface area contributed by atoms with Gasteiger partial charge < -0.3 is 10.4 Å². The molecule has 13 heavy (non-hydrogen) atoms. The fraction of sp³-hybridized carbons (Fsp3) is 0.333. The van der Waals surface area contributed by atoms with Crippen LogP contribution >= 0.6 is 0 Å². The van der Waals surface area contributed by atoms with Gasteiger partial charge in [-0.25, -0.2) is 0 Å². The van der Waals surface area contributed by atoms with Crippen LogP contribution in [-0.2, 0) is 0 Å². The molecule has 0 aliphatic rings.